The average molecular weight is 481 g/mol. The van der Waals surface area contributed by atoms with Gasteiger partial charge >= 0.3 is 0 Å². The van der Waals surface area contributed by atoms with E-state index in [1.165, 1.54) is 11.8 Å². The number of benzene rings is 2. The number of thioether (sulfide) groups is 1. The maximum absolute atomic E-state index is 13.1. The molecule has 0 N–H and O–H groups in total. The fourth-order valence-corrected chi connectivity index (χ4v) is 4.26. The van der Waals surface area contributed by atoms with E-state index in [1.54, 1.807) is 41.9 Å². The van der Waals surface area contributed by atoms with Crippen LogP contribution in [0.25, 0.3) is 6.08 Å². The average Bonchev–Trinajstić information content (AvgIpc) is 3.50. The predicted octanol–water partition coefficient (Wildman–Crippen LogP) is 5.97. The molecule has 0 atom stereocenters. The Morgan fingerprint density at radius 1 is 0.971 bits per heavy atom. The minimum absolute atomic E-state index is 0.164. The topological polar surface area (TPSA) is 80.3 Å². The predicted molar refractivity (Wildman–Crippen MR) is 137 cm³/mol. The van der Waals surface area contributed by atoms with E-state index in [0.717, 1.165) is 16.9 Å². The number of carbonyl (C=O) groups is 1. The third-order valence-corrected chi connectivity index (χ3v) is 5.95. The van der Waals surface area contributed by atoms with Crippen molar-refractivity contribution in [3.05, 3.63) is 119 Å². The summed E-state index contributed by atoms with van der Waals surface area (Å²) in [5, 5.41) is 9.07. The molecular formula is C27H20N4O3S. The van der Waals surface area contributed by atoms with Gasteiger partial charge in [-0.1, -0.05) is 36.4 Å². The second-order valence-electron chi connectivity index (χ2n) is 7.48. The number of rotatable bonds is 7. The molecule has 0 aliphatic carbocycles. The van der Waals surface area contributed by atoms with E-state index in [2.05, 4.69) is 15.2 Å². The Kier molecular flexibility index (Phi) is 6.82. The van der Waals surface area contributed by atoms with Crippen molar-refractivity contribution in [1.82, 2.24) is 9.88 Å². The van der Waals surface area contributed by atoms with Crippen molar-refractivity contribution in [2.75, 3.05) is 0 Å². The third kappa shape index (κ3) is 5.74. The lowest BCUT2D eigenvalue weighted by molar-refractivity contribution is -0.122. The number of carbonyl (C=O) groups excluding carboxylic acids is 1. The number of aromatic nitrogens is 1. The molecule has 35 heavy (non-hydrogen) atoms. The molecule has 1 aliphatic rings. The van der Waals surface area contributed by atoms with Crippen LogP contribution in [-0.2, 0) is 11.3 Å². The molecule has 3 heterocycles. The summed E-state index contributed by atoms with van der Waals surface area (Å²) in [6.45, 7) is 0.262. The third-order valence-electron chi connectivity index (χ3n) is 4.95. The first-order valence-electron chi connectivity index (χ1n) is 10.8. The molecule has 4 aromatic rings. The maximum Gasteiger partial charge on any atom is 0.267 e. The quantitative estimate of drug-likeness (QED) is 0.185. The number of amides is 1. The standard InChI is InChI=1S/C27H20N4O3S/c32-26-25(16-21-8-5-13-28-17-21)35-27(31(26)19-24-12-6-14-33-24)30-29-18-20-7-4-11-23(15-20)34-22-9-2-1-3-10-22/h1-18H,19H2/b25-16-,29-18+,30-27+. The number of hydrogen-bond acceptors (Lipinski definition) is 7. The van der Waals surface area contributed by atoms with Crippen LogP contribution in [-0.4, -0.2) is 27.2 Å². The maximum atomic E-state index is 13.1. The minimum Gasteiger partial charge on any atom is -0.467 e. The highest BCUT2D eigenvalue weighted by atomic mass is 32.2. The normalized spacial score (nSPS) is 16.0. The summed E-state index contributed by atoms with van der Waals surface area (Å²) in [5.74, 6) is 1.94. The Morgan fingerprint density at radius 3 is 2.63 bits per heavy atom. The first kappa shape index (κ1) is 22.4. The Morgan fingerprint density at radius 2 is 1.83 bits per heavy atom. The first-order valence-corrected chi connectivity index (χ1v) is 11.6. The molecule has 8 heteroatoms. The molecule has 1 saturated heterocycles. The van der Waals surface area contributed by atoms with Crippen molar-refractivity contribution in [1.29, 1.82) is 0 Å². The van der Waals surface area contributed by atoms with Crippen LogP contribution >= 0.6 is 11.8 Å². The van der Waals surface area contributed by atoms with Crippen molar-refractivity contribution < 1.29 is 13.9 Å². The molecule has 1 fully saturated rings. The number of furan rings is 1. The van der Waals surface area contributed by atoms with Crippen LogP contribution in [0.3, 0.4) is 0 Å². The smallest absolute Gasteiger partial charge is 0.267 e. The Balaban J connectivity index is 1.37. The van der Waals surface area contributed by atoms with Crippen molar-refractivity contribution in [3.8, 4) is 11.5 Å². The summed E-state index contributed by atoms with van der Waals surface area (Å²) >= 11 is 1.26. The van der Waals surface area contributed by atoms with Crippen LogP contribution in [0, 0.1) is 0 Å². The van der Waals surface area contributed by atoms with Crippen LogP contribution in [0.5, 0.6) is 11.5 Å². The van der Waals surface area contributed by atoms with Crippen LogP contribution < -0.4 is 4.74 Å². The van der Waals surface area contributed by atoms with Gasteiger partial charge in [0, 0.05) is 12.4 Å². The molecule has 1 amide bonds. The van der Waals surface area contributed by atoms with Gasteiger partial charge in [-0.2, -0.15) is 5.10 Å². The van der Waals surface area contributed by atoms with E-state index >= 15 is 0 Å². The monoisotopic (exact) mass is 480 g/mol. The molecule has 2 aromatic carbocycles. The first-order chi connectivity index (χ1) is 17.2. The van der Waals surface area contributed by atoms with E-state index in [1.807, 2.05) is 72.8 Å². The van der Waals surface area contributed by atoms with E-state index < -0.39 is 0 Å². The second kappa shape index (κ2) is 10.7. The van der Waals surface area contributed by atoms with Gasteiger partial charge in [0.15, 0.2) is 5.17 Å². The number of ether oxygens (including phenoxy) is 1. The van der Waals surface area contributed by atoms with Gasteiger partial charge in [0.25, 0.3) is 5.91 Å². The van der Waals surface area contributed by atoms with Gasteiger partial charge in [-0.25, -0.2) is 0 Å². The fraction of sp³-hybridized carbons (Fsp3) is 0.0370. The second-order valence-corrected chi connectivity index (χ2v) is 8.49. The highest BCUT2D eigenvalue weighted by molar-refractivity contribution is 8.18. The number of hydrogen-bond donors (Lipinski definition) is 0. The lowest BCUT2D eigenvalue weighted by Gasteiger charge is -2.12. The lowest BCUT2D eigenvalue weighted by Crippen LogP contribution is -2.28. The molecule has 2 aromatic heterocycles. The summed E-state index contributed by atoms with van der Waals surface area (Å²) in [5.41, 5.74) is 1.65. The van der Waals surface area contributed by atoms with Crippen molar-refractivity contribution in [2.24, 2.45) is 10.2 Å². The molecule has 0 unspecified atom stereocenters. The summed E-state index contributed by atoms with van der Waals surface area (Å²) < 4.78 is 11.3. The van der Waals surface area contributed by atoms with E-state index in [4.69, 9.17) is 9.15 Å². The zero-order chi connectivity index (χ0) is 23.9. The van der Waals surface area contributed by atoms with E-state index in [0.29, 0.717) is 21.6 Å². The largest absolute Gasteiger partial charge is 0.467 e. The zero-order valence-corrected chi connectivity index (χ0v) is 19.3. The van der Waals surface area contributed by atoms with E-state index in [-0.39, 0.29) is 12.5 Å². The molecule has 5 rings (SSSR count). The van der Waals surface area contributed by atoms with Gasteiger partial charge in [0.2, 0.25) is 0 Å². The Hall–Kier alpha value is -4.43. The van der Waals surface area contributed by atoms with Crippen LogP contribution in [0.15, 0.2) is 117 Å². The number of pyridine rings is 1. The molecule has 172 valence electrons. The SMILES string of the molecule is O=C1/C(=C/c2cccnc2)S/C(=N/N=C/c2cccc(Oc3ccccc3)c2)N1Cc1ccco1. The fourth-order valence-electron chi connectivity index (χ4n) is 3.32. The number of amidine groups is 1. The number of nitrogens with zero attached hydrogens (tertiary/aromatic N) is 4. The highest BCUT2D eigenvalue weighted by Gasteiger charge is 2.34. The van der Waals surface area contributed by atoms with Gasteiger partial charge in [0.05, 0.1) is 23.9 Å². The molecule has 7 nitrogen and oxygen atoms in total. The van der Waals surface area contributed by atoms with Gasteiger partial charge in [-0.05, 0) is 71.4 Å². The van der Waals surface area contributed by atoms with Crippen LogP contribution in [0.2, 0.25) is 0 Å². The molecule has 1 aliphatic heterocycles. The summed E-state index contributed by atoms with van der Waals surface area (Å²) in [4.78, 5) is 19.3. The summed E-state index contributed by atoms with van der Waals surface area (Å²) in [7, 11) is 0. The summed E-state index contributed by atoms with van der Waals surface area (Å²) in [6, 6.07) is 24.4. The lowest BCUT2D eigenvalue weighted by atomic mass is 10.2. The van der Waals surface area contributed by atoms with E-state index in [9.17, 15) is 4.79 Å². The van der Waals surface area contributed by atoms with Crippen molar-refractivity contribution >= 4 is 35.1 Å². The molecule has 0 radical (unpaired) electrons. The van der Waals surface area contributed by atoms with Gasteiger partial charge in [0.1, 0.15) is 17.3 Å². The van der Waals surface area contributed by atoms with Crippen LogP contribution in [0.4, 0.5) is 0 Å². The highest BCUT2D eigenvalue weighted by Crippen LogP contribution is 2.33. The summed E-state index contributed by atoms with van der Waals surface area (Å²) in [6.07, 6.45) is 8.40. The molecule has 0 bridgehead atoms. The zero-order valence-electron chi connectivity index (χ0n) is 18.5. The van der Waals surface area contributed by atoms with Gasteiger partial charge in [-0.3, -0.25) is 14.7 Å². The minimum atomic E-state index is -0.164. The van der Waals surface area contributed by atoms with Crippen molar-refractivity contribution in [3.63, 3.8) is 0 Å². The molecule has 0 saturated carbocycles. The molecule has 0 spiro atoms. The van der Waals surface area contributed by atoms with Gasteiger partial charge in [-0.15, -0.1) is 5.10 Å². The molecular weight excluding hydrogens is 460 g/mol. The Bertz CT molecular complexity index is 1380. The number of para-hydroxylation sites is 1. The van der Waals surface area contributed by atoms with Crippen molar-refractivity contribution in [2.45, 2.75) is 6.54 Å². The van der Waals surface area contributed by atoms with Gasteiger partial charge < -0.3 is 9.15 Å². The van der Waals surface area contributed by atoms with Crippen LogP contribution in [0.1, 0.15) is 16.9 Å². The Labute approximate surface area is 206 Å².